The van der Waals surface area contributed by atoms with Crippen molar-refractivity contribution in [1.82, 2.24) is 10.2 Å². The van der Waals surface area contributed by atoms with Gasteiger partial charge < -0.3 is 5.32 Å². The van der Waals surface area contributed by atoms with Crippen molar-refractivity contribution >= 4 is 17.0 Å². The van der Waals surface area contributed by atoms with E-state index in [4.69, 9.17) is 0 Å². The van der Waals surface area contributed by atoms with Crippen molar-refractivity contribution in [3.63, 3.8) is 0 Å². The first-order chi connectivity index (χ1) is 6.79. The Morgan fingerprint density at radius 1 is 1.29 bits per heavy atom. The molecule has 0 saturated carbocycles. The Bertz CT molecular complexity index is 436. The van der Waals surface area contributed by atoms with E-state index in [1.54, 1.807) is 11.3 Å². The van der Waals surface area contributed by atoms with Crippen molar-refractivity contribution in [1.29, 1.82) is 0 Å². The average molecular weight is 205 g/mol. The summed E-state index contributed by atoms with van der Waals surface area (Å²) in [6, 6.07) is 8.15. The van der Waals surface area contributed by atoms with Crippen molar-refractivity contribution in [2.45, 2.75) is 6.92 Å². The van der Waals surface area contributed by atoms with Gasteiger partial charge in [0.25, 0.3) is 0 Å². The van der Waals surface area contributed by atoms with Crippen LogP contribution in [0.15, 0.2) is 24.3 Å². The summed E-state index contributed by atoms with van der Waals surface area (Å²) in [5.41, 5.74) is 2.21. The molecule has 1 N–H and O–H groups in total. The van der Waals surface area contributed by atoms with Crippen LogP contribution >= 0.6 is 11.3 Å². The van der Waals surface area contributed by atoms with Crippen LogP contribution in [0.4, 0.5) is 5.69 Å². The zero-order chi connectivity index (χ0) is 9.97. The first-order valence-electron chi connectivity index (χ1n) is 4.38. The third-order valence-corrected chi connectivity index (χ3v) is 2.81. The molecule has 0 bridgehead atoms. The molecule has 0 aliphatic rings. The number of benzene rings is 1. The second-order valence-electron chi connectivity index (χ2n) is 2.96. The molecule has 1 heterocycles. The third-order valence-electron chi connectivity index (χ3n) is 1.92. The van der Waals surface area contributed by atoms with Crippen LogP contribution in [0.1, 0.15) is 5.01 Å². The molecule has 3 nitrogen and oxygen atoms in total. The molecule has 1 aromatic heterocycles. The topological polar surface area (TPSA) is 37.8 Å². The third kappa shape index (κ3) is 1.75. The number of hydrogen-bond acceptors (Lipinski definition) is 4. The van der Waals surface area contributed by atoms with Gasteiger partial charge in [0.15, 0.2) is 0 Å². The highest BCUT2D eigenvalue weighted by molar-refractivity contribution is 7.14. The van der Waals surface area contributed by atoms with E-state index in [2.05, 4.69) is 21.6 Å². The van der Waals surface area contributed by atoms with Crippen molar-refractivity contribution < 1.29 is 0 Å². The lowest BCUT2D eigenvalue weighted by Gasteiger charge is -2.00. The highest BCUT2D eigenvalue weighted by atomic mass is 32.1. The van der Waals surface area contributed by atoms with Gasteiger partial charge in [-0.2, -0.15) is 0 Å². The fraction of sp³-hybridized carbons (Fsp3) is 0.200. The lowest BCUT2D eigenvalue weighted by atomic mass is 10.2. The number of aromatic nitrogens is 2. The Morgan fingerprint density at radius 2 is 2.14 bits per heavy atom. The van der Waals surface area contributed by atoms with E-state index in [0.29, 0.717) is 0 Å². The van der Waals surface area contributed by atoms with Crippen LogP contribution in [0.25, 0.3) is 10.6 Å². The fourth-order valence-electron chi connectivity index (χ4n) is 1.22. The van der Waals surface area contributed by atoms with E-state index in [1.165, 1.54) is 0 Å². The molecule has 14 heavy (non-hydrogen) atoms. The Labute approximate surface area is 86.8 Å². The molecule has 0 aliphatic heterocycles. The molecule has 0 aliphatic carbocycles. The van der Waals surface area contributed by atoms with E-state index in [0.717, 1.165) is 21.3 Å². The SMILES string of the molecule is CNc1cccc(-c2nnc(C)s2)c1. The highest BCUT2D eigenvalue weighted by Gasteiger charge is 2.03. The summed E-state index contributed by atoms with van der Waals surface area (Å²) in [5.74, 6) is 0. The van der Waals surface area contributed by atoms with Crippen LogP contribution < -0.4 is 5.32 Å². The molecule has 0 amide bonds. The number of nitrogens with one attached hydrogen (secondary N) is 1. The summed E-state index contributed by atoms with van der Waals surface area (Å²) in [4.78, 5) is 0. The maximum Gasteiger partial charge on any atom is 0.147 e. The first kappa shape index (κ1) is 9.15. The fourth-order valence-corrected chi connectivity index (χ4v) is 1.91. The van der Waals surface area contributed by atoms with Gasteiger partial charge in [0.2, 0.25) is 0 Å². The summed E-state index contributed by atoms with van der Waals surface area (Å²) >= 11 is 1.61. The molecule has 0 fully saturated rings. The minimum Gasteiger partial charge on any atom is -0.388 e. The van der Waals surface area contributed by atoms with Gasteiger partial charge >= 0.3 is 0 Å². The summed E-state index contributed by atoms with van der Waals surface area (Å²) in [6.45, 7) is 1.96. The molecule has 1 aromatic carbocycles. The van der Waals surface area contributed by atoms with Crippen molar-refractivity contribution in [3.05, 3.63) is 29.3 Å². The quantitative estimate of drug-likeness (QED) is 0.818. The molecule has 2 rings (SSSR count). The van der Waals surface area contributed by atoms with E-state index in [1.807, 2.05) is 32.2 Å². The number of hydrogen-bond donors (Lipinski definition) is 1. The summed E-state index contributed by atoms with van der Waals surface area (Å²) in [7, 11) is 1.91. The predicted molar refractivity (Wildman–Crippen MR) is 59.6 cm³/mol. The highest BCUT2D eigenvalue weighted by Crippen LogP contribution is 2.24. The van der Waals surface area contributed by atoms with Gasteiger partial charge in [-0.1, -0.05) is 23.5 Å². The lowest BCUT2D eigenvalue weighted by molar-refractivity contribution is 1.05. The normalized spacial score (nSPS) is 10.1. The molecule has 0 saturated heterocycles. The van der Waals surface area contributed by atoms with Crippen LogP contribution in [0.3, 0.4) is 0 Å². The van der Waals surface area contributed by atoms with Crippen LogP contribution in [-0.4, -0.2) is 17.2 Å². The summed E-state index contributed by atoms with van der Waals surface area (Å²) in [6.07, 6.45) is 0. The molecule has 0 spiro atoms. The maximum absolute atomic E-state index is 4.10. The van der Waals surface area contributed by atoms with E-state index >= 15 is 0 Å². The minimum atomic E-state index is 0.972. The summed E-state index contributed by atoms with van der Waals surface area (Å²) < 4.78 is 0. The van der Waals surface area contributed by atoms with Crippen LogP contribution in [0.5, 0.6) is 0 Å². The predicted octanol–water partition coefficient (Wildman–Crippen LogP) is 2.56. The second-order valence-corrected chi connectivity index (χ2v) is 4.14. The first-order valence-corrected chi connectivity index (χ1v) is 5.19. The van der Waals surface area contributed by atoms with Gasteiger partial charge in [-0.3, -0.25) is 0 Å². The van der Waals surface area contributed by atoms with Gasteiger partial charge in [0.05, 0.1) is 0 Å². The molecule has 2 aromatic rings. The largest absolute Gasteiger partial charge is 0.388 e. The molecule has 0 unspecified atom stereocenters. The Hall–Kier alpha value is -1.42. The Balaban J connectivity index is 2.41. The molecule has 4 heteroatoms. The molecular formula is C10H11N3S. The van der Waals surface area contributed by atoms with Crippen molar-refractivity contribution in [2.24, 2.45) is 0 Å². The van der Waals surface area contributed by atoms with Crippen LogP contribution in [0.2, 0.25) is 0 Å². The van der Waals surface area contributed by atoms with Gasteiger partial charge in [-0.25, -0.2) is 0 Å². The smallest absolute Gasteiger partial charge is 0.147 e. The maximum atomic E-state index is 4.10. The van der Waals surface area contributed by atoms with Crippen molar-refractivity contribution in [2.75, 3.05) is 12.4 Å². The van der Waals surface area contributed by atoms with Gasteiger partial charge in [0.1, 0.15) is 10.0 Å². The number of anilines is 1. The molecule has 0 radical (unpaired) electrons. The molecular weight excluding hydrogens is 194 g/mol. The average Bonchev–Trinajstić information content (AvgIpc) is 2.65. The van der Waals surface area contributed by atoms with E-state index in [-0.39, 0.29) is 0 Å². The Kier molecular flexibility index (Phi) is 2.45. The second kappa shape index (κ2) is 3.75. The molecule has 0 atom stereocenters. The number of nitrogens with zero attached hydrogens (tertiary/aromatic N) is 2. The van der Waals surface area contributed by atoms with Crippen LogP contribution in [-0.2, 0) is 0 Å². The van der Waals surface area contributed by atoms with Crippen molar-refractivity contribution in [3.8, 4) is 10.6 Å². The van der Waals surface area contributed by atoms with E-state index < -0.39 is 0 Å². The monoisotopic (exact) mass is 205 g/mol. The minimum absolute atomic E-state index is 0.972. The Morgan fingerprint density at radius 3 is 2.79 bits per heavy atom. The number of aryl methyl sites for hydroxylation is 1. The summed E-state index contributed by atoms with van der Waals surface area (Å²) in [5, 5.41) is 13.2. The van der Waals surface area contributed by atoms with Gasteiger partial charge in [0, 0.05) is 18.3 Å². The van der Waals surface area contributed by atoms with Gasteiger partial charge in [-0.05, 0) is 19.1 Å². The standard InChI is InChI=1S/C10H11N3S/c1-7-12-13-10(14-7)8-4-3-5-9(6-8)11-2/h3-6,11H,1-2H3. The zero-order valence-corrected chi connectivity index (χ0v) is 8.93. The molecule has 72 valence electrons. The van der Waals surface area contributed by atoms with E-state index in [9.17, 15) is 0 Å². The lowest BCUT2D eigenvalue weighted by Crippen LogP contribution is -1.87. The van der Waals surface area contributed by atoms with Gasteiger partial charge in [-0.15, -0.1) is 10.2 Å². The van der Waals surface area contributed by atoms with Crippen LogP contribution in [0, 0.1) is 6.92 Å². The number of rotatable bonds is 2. The zero-order valence-electron chi connectivity index (χ0n) is 8.11.